The highest BCUT2D eigenvalue weighted by molar-refractivity contribution is 9.10. The second-order valence-electron chi connectivity index (χ2n) is 3.49. The van der Waals surface area contributed by atoms with E-state index in [2.05, 4.69) is 27.5 Å². The van der Waals surface area contributed by atoms with Crippen molar-refractivity contribution in [2.75, 3.05) is 0 Å². The molecule has 0 aliphatic carbocycles. The molecule has 4 heteroatoms. The number of hydrogen-bond donors (Lipinski definition) is 1. The van der Waals surface area contributed by atoms with Gasteiger partial charge in [0.1, 0.15) is 11.8 Å². The molecule has 0 saturated heterocycles. The Morgan fingerprint density at radius 3 is 2.93 bits per heavy atom. The molecule has 1 heterocycles. The van der Waals surface area contributed by atoms with Crippen molar-refractivity contribution in [1.82, 2.24) is 4.98 Å². The zero-order valence-electron chi connectivity index (χ0n) is 8.79. The summed E-state index contributed by atoms with van der Waals surface area (Å²) < 4.78 is 4.85. The quantitative estimate of drug-likeness (QED) is 0.520. The van der Waals surface area contributed by atoms with Crippen molar-refractivity contribution in [3.05, 3.63) is 36.7 Å². The molecule has 82 valence electrons. The van der Waals surface area contributed by atoms with E-state index in [1.807, 2.05) is 13.8 Å². The van der Waals surface area contributed by atoms with Crippen LogP contribution in [0, 0.1) is 0 Å². The van der Waals surface area contributed by atoms with Crippen LogP contribution in [-0.4, -0.2) is 21.4 Å². The van der Waals surface area contributed by atoms with E-state index in [-0.39, 0.29) is 12.1 Å². The van der Waals surface area contributed by atoms with Gasteiger partial charge in [0.05, 0.1) is 4.32 Å². The smallest absolute Gasteiger partial charge is 0.355 e. The molecule has 1 aromatic heterocycles. The Bertz CT molecular complexity index is 343. The number of H-pyrrole nitrogens is 1. The molecule has 0 aromatic carbocycles. The highest BCUT2D eigenvalue weighted by atomic mass is 79.9. The van der Waals surface area contributed by atoms with Gasteiger partial charge in [0.2, 0.25) is 0 Å². The van der Waals surface area contributed by atoms with Crippen molar-refractivity contribution in [2.24, 2.45) is 0 Å². The summed E-state index contributed by atoms with van der Waals surface area (Å²) in [6, 6.07) is 3.43. The van der Waals surface area contributed by atoms with Crippen molar-refractivity contribution in [1.29, 1.82) is 0 Å². The normalized spacial score (nSPS) is 16.5. The summed E-state index contributed by atoms with van der Waals surface area (Å²) in [6.07, 6.45) is 3.10. The van der Waals surface area contributed by atoms with Crippen LogP contribution in [0.15, 0.2) is 31.0 Å². The van der Waals surface area contributed by atoms with Crippen molar-refractivity contribution in [3.63, 3.8) is 0 Å². The topological polar surface area (TPSA) is 42.1 Å². The lowest BCUT2D eigenvalue weighted by molar-refractivity contribution is 0.0299. The lowest BCUT2D eigenvalue weighted by Gasteiger charge is -2.25. The second kappa shape index (κ2) is 4.66. The molecular weight excluding hydrogens is 258 g/mol. The summed E-state index contributed by atoms with van der Waals surface area (Å²) in [5, 5.41) is 0. The third kappa shape index (κ3) is 2.96. The zero-order chi connectivity index (χ0) is 11.5. The maximum Gasteiger partial charge on any atom is 0.355 e. The van der Waals surface area contributed by atoms with Crippen LogP contribution in [0.25, 0.3) is 0 Å². The van der Waals surface area contributed by atoms with Crippen LogP contribution in [0.2, 0.25) is 0 Å². The summed E-state index contributed by atoms with van der Waals surface area (Å²) >= 11 is 3.43. The van der Waals surface area contributed by atoms with E-state index in [9.17, 15) is 4.79 Å². The van der Waals surface area contributed by atoms with Crippen LogP contribution < -0.4 is 0 Å². The van der Waals surface area contributed by atoms with Gasteiger partial charge < -0.3 is 9.72 Å². The molecule has 1 rings (SSSR count). The first-order chi connectivity index (χ1) is 6.97. The third-order valence-corrected chi connectivity index (χ3v) is 3.26. The summed E-state index contributed by atoms with van der Waals surface area (Å²) in [7, 11) is 0. The molecule has 0 aliphatic rings. The zero-order valence-corrected chi connectivity index (χ0v) is 10.4. The van der Waals surface area contributed by atoms with Crippen LogP contribution in [0.3, 0.4) is 0 Å². The Morgan fingerprint density at radius 2 is 2.47 bits per heavy atom. The first-order valence-electron chi connectivity index (χ1n) is 4.64. The summed E-state index contributed by atoms with van der Waals surface area (Å²) in [4.78, 5) is 14.4. The van der Waals surface area contributed by atoms with E-state index in [0.29, 0.717) is 5.69 Å². The molecule has 0 aliphatic heterocycles. The maximum atomic E-state index is 11.6. The fourth-order valence-electron chi connectivity index (χ4n) is 0.963. The summed E-state index contributed by atoms with van der Waals surface area (Å²) in [5.74, 6) is -0.361. The predicted octanol–water partition coefficient (Wildman–Crippen LogP) is 2.90. The van der Waals surface area contributed by atoms with Crippen LogP contribution in [0.4, 0.5) is 0 Å². The lowest BCUT2D eigenvalue weighted by Crippen LogP contribution is -2.32. The van der Waals surface area contributed by atoms with E-state index in [1.165, 1.54) is 0 Å². The molecular formula is C11H14BrNO2. The van der Waals surface area contributed by atoms with Gasteiger partial charge in [-0.2, -0.15) is 0 Å². The number of carbonyl (C=O) groups is 1. The number of hydrogen-bond acceptors (Lipinski definition) is 2. The molecule has 3 nitrogen and oxygen atoms in total. The van der Waals surface area contributed by atoms with Crippen molar-refractivity contribution < 1.29 is 9.53 Å². The van der Waals surface area contributed by atoms with E-state index >= 15 is 0 Å². The van der Waals surface area contributed by atoms with Gasteiger partial charge in [0.15, 0.2) is 0 Å². The molecule has 0 saturated carbocycles. The SMILES string of the molecule is C=CC(C)(Br)C(C)OC(=O)c1ccc[nH]1. The van der Waals surface area contributed by atoms with E-state index in [0.717, 1.165) is 0 Å². The average Bonchev–Trinajstić information content (AvgIpc) is 2.70. The Morgan fingerprint density at radius 1 is 1.80 bits per heavy atom. The molecule has 0 radical (unpaired) electrons. The number of aromatic nitrogens is 1. The molecule has 0 amide bonds. The molecule has 0 spiro atoms. The molecule has 1 aromatic rings. The van der Waals surface area contributed by atoms with E-state index < -0.39 is 4.32 Å². The van der Waals surface area contributed by atoms with Crippen LogP contribution >= 0.6 is 15.9 Å². The van der Waals surface area contributed by atoms with Crippen LogP contribution in [-0.2, 0) is 4.74 Å². The van der Waals surface area contributed by atoms with E-state index in [1.54, 1.807) is 24.4 Å². The fourth-order valence-corrected chi connectivity index (χ4v) is 1.06. The van der Waals surface area contributed by atoms with Gasteiger partial charge in [-0.25, -0.2) is 4.79 Å². The first-order valence-corrected chi connectivity index (χ1v) is 5.43. The number of aromatic amines is 1. The van der Waals surface area contributed by atoms with Gasteiger partial charge in [-0.05, 0) is 26.0 Å². The van der Waals surface area contributed by atoms with Gasteiger partial charge in [-0.3, -0.25) is 0 Å². The maximum absolute atomic E-state index is 11.6. The molecule has 0 fully saturated rings. The van der Waals surface area contributed by atoms with Gasteiger partial charge >= 0.3 is 5.97 Å². The standard InChI is InChI=1S/C11H14BrNO2/c1-4-11(3,12)8(2)15-10(14)9-6-5-7-13-9/h4-8,13H,1H2,2-3H3. The number of rotatable bonds is 4. The van der Waals surface area contributed by atoms with Crippen molar-refractivity contribution >= 4 is 21.9 Å². The third-order valence-electron chi connectivity index (χ3n) is 2.30. The highest BCUT2D eigenvalue weighted by Crippen LogP contribution is 2.25. The molecule has 1 N–H and O–H groups in total. The molecule has 2 atom stereocenters. The summed E-state index contributed by atoms with van der Waals surface area (Å²) in [6.45, 7) is 7.39. The van der Waals surface area contributed by atoms with Crippen LogP contribution in [0.5, 0.6) is 0 Å². The number of ether oxygens (including phenoxy) is 1. The number of esters is 1. The monoisotopic (exact) mass is 271 g/mol. The Labute approximate surface area is 97.6 Å². The average molecular weight is 272 g/mol. The largest absolute Gasteiger partial charge is 0.456 e. The summed E-state index contributed by atoms with van der Waals surface area (Å²) in [5.41, 5.74) is 0.453. The van der Waals surface area contributed by atoms with Gasteiger partial charge in [0.25, 0.3) is 0 Å². The fraction of sp³-hybridized carbons (Fsp3) is 0.364. The second-order valence-corrected chi connectivity index (χ2v) is 5.20. The van der Waals surface area contributed by atoms with Gasteiger partial charge in [0, 0.05) is 6.20 Å². The van der Waals surface area contributed by atoms with Crippen molar-refractivity contribution in [2.45, 2.75) is 24.3 Å². The minimum Gasteiger partial charge on any atom is -0.456 e. The Kier molecular flexibility index (Phi) is 3.74. The van der Waals surface area contributed by atoms with Gasteiger partial charge in [-0.15, -0.1) is 6.58 Å². The molecule has 15 heavy (non-hydrogen) atoms. The van der Waals surface area contributed by atoms with Crippen molar-refractivity contribution in [3.8, 4) is 0 Å². The number of alkyl halides is 1. The van der Waals surface area contributed by atoms with E-state index in [4.69, 9.17) is 4.74 Å². The Hall–Kier alpha value is -1.03. The lowest BCUT2D eigenvalue weighted by atomic mass is 10.1. The highest BCUT2D eigenvalue weighted by Gasteiger charge is 2.28. The first kappa shape index (κ1) is 12.0. The number of nitrogens with one attached hydrogen (secondary N) is 1. The predicted molar refractivity (Wildman–Crippen MR) is 63.2 cm³/mol. The minimum absolute atomic E-state index is 0.286. The number of halogens is 1. The molecule has 0 bridgehead atoms. The minimum atomic E-state index is -0.407. The van der Waals surface area contributed by atoms with Crippen LogP contribution in [0.1, 0.15) is 24.3 Å². The van der Waals surface area contributed by atoms with Gasteiger partial charge in [-0.1, -0.05) is 22.0 Å². The molecule has 2 unspecified atom stereocenters. The number of carbonyl (C=O) groups excluding carboxylic acids is 1. The Balaban J connectivity index is 2.63.